The number of guanidine groups is 1. The summed E-state index contributed by atoms with van der Waals surface area (Å²) in [5, 5.41) is 11.5. The maximum absolute atomic E-state index is 5.98. The van der Waals surface area contributed by atoms with Crippen molar-refractivity contribution in [3.63, 3.8) is 0 Å². The first-order valence-corrected chi connectivity index (χ1v) is 9.12. The Balaban J connectivity index is 0.00000280. The second-order valence-electron chi connectivity index (χ2n) is 6.48. The van der Waals surface area contributed by atoms with E-state index in [9.17, 15) is 0 Å². The van der Waals surface area contributed by atoms with E-state index in [1.165, 1.54) is 11.9 Å². The van der Waals surface area contributed by atoms with Gasteiger partial charge in [-0.2, -0.15) is 5.10 Å². The molecule has 9 heteroatoms. The lowest BCUT2D eigenvalue weighted by Gasteiger charge is -2.11. The van der Waals surface area contributed by atoms with Gasteiger partial charge in [-0.05, 0) is 30.0 Å². The van der Waals surface area contributed by atoms with E-state index in [1.54, 1.807) is 10.9 Å². The van der Waals surface area contributed by atoms with E-state index in [-0.39, 0.29) is 24.0 Å². The van der Waals surface area contributed by atoms with Gasteiger partial charge >= 0.3 is 0 Å². The molecule has 0 fully saturated rings. The van der Waals surface area contributed by atoms with Crippen molar-refractivity contribution in [2.45, 2.75) is 26.2 Å². The highest BCUT2D eigenvalue weighted by Gasteiger charge is 2.07. The Hall–Kier alpha value is -2.43. The smallest absolute Gasteiger partial charge is 0.193 e. The maximum atomic E-state index is 5.98. The summed E-state index contributed by atoms with van der Waals surface area (Å²) in [6.45, 7) is 5.55. The van der Waals surface area contributed by atoms with Gasteiger partial charge in [0.05, 0.1) is 18.1 Å². The Morgan fingerprint density at radius 3 is 2.71 bits per heavy atom. The average molecular weight is 494 g/mol. The average Bonchev–Trinajstić information content (AvgIpc) is 3.07. The molecule has 0 bridgehead atoms. The molecule has 0 aliphatic carbocycles. The van der Waals surface area contributed by atoms with Gasteiger partial charge < -0.3 is 16.4 Å². The molecule has 2 heterocycles. The SMILES string of the molecule is CCC(C)c1ccc(NC(N)=NCCNc2ncnc3c2cnn3C)cc1.I. The lowest BCUT2D eigenvalue weighted by molar-refractivity contribution is 0.734. The maximum Gasteiger partial charge on any atom is 0.193 e. The second-order valence-corrected chi connectivity index (χ2v) is 6.48. The van der Waals surface area contributed by atoms with E-state index in [4.69, 9.17) is 5.73 Å². The number of aromatic nitrogens is 4. The number of rotatable bonds is 7. The van der Waals surface area contributed by atoms with Crippen LogP contribution in [0.1, 0.15) is 31.7 Å². The third-order valence-electron chi connectivity index (χ3n) is 4.58. The van der Waals surface area contributed by atoms with E-state index >= 15 is 0 Å². The van der Waals surface area contributed by atoms with Crippen LogP contribution in [0.4, 0.5) is 11.5 Å². The Kier molecular flexibility index (Phi) is 7.97. The van der Waals surface area contributed by atoms with Gasteiger partial charge in [-0.1, -0.05) is 26.0 Å². The lowest BCUT2D eigenvalue weighted by atomic mass is 9.99. The van der Waals surface area contributed by atoms with E-state index in [0.29, 0.717) is 25.0 Å². The Morgan fingerprint density at radius 2 is 2.00 bits per heavy atom. The Bertz CT molecular complexity index is 919. The predicted octanol–water partition coefficient (Wildman–Crippen LogP) is 3.33. The molecule has 0 aliphatic rings. The van der Waals surface area contributed by atoms with Gasteiger partial charge in [-0.25, -0.2) is 9.97 Å². The number of aryl methyl sites for hydroxylation is 1. The molecule has 150 valence electrons. The van der Waals surface area contributed by atoms with Crippen LogP contribution in [0.15, 0.2) is 41.8 Å². The molecule has 1 unspecified atom stereocenters. The minimum absolute atomic E-state index is 0. The van der Waals surface area contributed by atoms with Crippen molar-refractivity contribution in [3.05, 3.63) is 42.4 Å². The monoisotopic (exact) mass is 494 g/mol. The number of nitrogens with two attached hydrogens (primary N) is 1. The van der Waals surface area contributed by atoms with E-state index < -0.39 is 0 Å². The number of nitrogens with one attached hydrogen (secondary N) is 2. The van der Waals surface area contributed by atoms with Gasteiger partial charge in [0.2, 0.25) is 0 Å². The molecule has 0 aliphatic heterocycles. The minimum atomic E-state index is 0. The normalized spacial score (nSPS) is 12.5. The van der Waals surface area contributed by atoms with Crippen LogP contribution in [0.25, 0.3) is 11.0 Å². The molecule has 0 saturated carbocycles. The largest absolute Gasteiger partial charge is 0.370 e. The van der Waals surface area contributed by atoms with E-state index in [1.807, 2.05) is 19.2 Å². The number of fused-ring (bicyclic) bond motifs is 1. The molecule has 3 rings (SSSR count). The molecule has 3 aromatic rings. The molecule has 2 aromatic heterocycles. The van der Waals surface area contributed by atoms with Crippen molar-refractivity contribution in [3.8, 4) is 0 Å². The molecule has 4 N–H and O–H groups in total. The molecule has 1 aromatic carbocycles. The molecular formula is C19H27IN8. The molecule has 0 amide bonds. The highest BCUT2D eigenvalue weighted by atomic mass is 127. The lowest BCUT2D eigenvalue weighted by Crippen LogP contribution is -2.23. The van der Waals surface area contributed by atoms with Crippen LogP contribution in [0.2, 0.25) is 0 Å². The summed E-state index contributed by atoms with van der Waals surface area (Å²) in [6.07, 6.45) is 4.40. The quantitative estimate of drug-likeness (QED) is 0.201. The van der Waals surface area contributed by atoms with Crippen molar-refractivity contribution in [2.24, 2.45) is 17.8 Å². The first-order valence-electron chi connectivity index (χ1n) is 9.12. The third kappa shape index (κ3) is 5.31. The number of aliphatic imine (C=N–C) groups is 1. The van der Waals surface area contributed by atoms with Crippen molar-refractivity contribution in [2.75, 3.05) is 23.7 Å². The van der Waals surface area contributed by atoms with Crippen LogP contribution >= 0.6 is 24.0 Å². The number of halogens is 1. The molecule has 0 saturated heterocycles. The number of benzene rings is 1. The van der Waals surface area contributed by atoms with Gasteiger partial charge in [0, 0.05) is 19.3 Å². The van der Waals surface area contributed by atoms with Gasteiger partial charge in [0.1, 0.15) is 12.1 Å². The number of hydrogen-bond acceptors (Lipinski definition) is 5. The Labute approximate surface area is 182 Å². The van der Waals surface area contributed by atoms with Crippen LogP contribution in [-0.2, 0) is 7.05 Å². The Morgan fingerprint density at radius 1 is 1.25 bits per heavy atom. The zero-order valence-corrected chi connectivity index (χ0v) is 18.7. The number of hydrogen-bond donors (Lipinski definition) is 3. The van der Waals surface area contributed by atoms with E-state index in [2.05, 4.69) is 56.7 Å². The number of anilines is 2. The topological polar surface area (TPSA) is 106 Å². The summed E-state index contributed by atoms with van der Waals surface area (Å²) >= 11 is 0. The van der Waals surface area contributed by atoms with Crippen LogP contribution in [-0.4, -0.2) is 38.8 Å². The van der Waals surface area contributed by atoms with Crippen LogP contribution in [0.5, 0.6) is 0 Å². The molecule has 28 heavy (non-hydrogen) atoms. The number of nitrogens with zero attached hydrogens (tertiary/aromatic N) is 5. The molecular weight excluding hydrogens is 467 g/mol. The third-order valence-corrected chi connectivity index (χ3v) is 4.58. The summed E-state index contributed by atoms with van der Waals surface area (Å²) in [4.78, 5) is 12.8. The highest BCUT2D eigenvalue weighted by Crippen LogP contribution is 2.20. The summed E-state index contributed by atoms with van der Waals surface area (Å²) < 4.78 is 1.72. The fourth-order valence-corrected chi connectivity index (χ4v) is 2.77. The molecule has 0 spiro atoms. The van der Waals surface area contributed by atoms with Crippen molar-refractivity contribution >= 4 is 52.5 Å². The van der Waals surface area contributed by atoms with Crippen molar-refractivity contribution in [1.29, 1.82) is 0 Å². The summed E-state index contributed by atoms with van der Waals surface area (Å²) in [7, 11) is 1.85. The zero-order valence-electron chi connectivity index (χ0n) is 16.4. The van der Waals surface area contributed by atoms with Gasteiger partial charge in [-0.15, -0.1) is 24.0 Å². The second kappa shape index (κ2) is 10.2. The highest BCUT2D eigenvalue weighted by molar-refractivity contribution is 14.0. The summed E-state index contributed by atoms with van der Waals surface area (Å²) in [5.41, 5.74) is 9.03. The first kappa shape index (κ1) is 21.9. The summed E-state index contributed by atoms with van der Waals surface area (Å²) in [5.74, 6) is 1.70. The predicted molar refractivity (Wildman–Crippen MR) is 125 cm³/mol. The van der Waals surface area contributed by atoms with Crippen molar-refractivity contribution < 1.29 is 0 Å². The van der Waals surface area contributed by atoms with Gasteiger partial charge in [0.15, 0.2) is 11.6 Å². The van der Waals surface area contributed by atoms with Gasteiger partial charge in [0.25, 0.3) is 0 Å². The summed E-state index contributed by atoms with van der Waals surface area (Å²) in [6, 6.07) is 8.31. The van der Waals surface area contributed by atoms with E-state index in [0.717, 1.165) is 29.0 Å². The van der Waals surface area contributed by atoms with Crippen LogP contribution < -0.4 is 16.4 Å². The molecule has 0 radical (unpaired) electrons. The molecule has 1 atom stereocenters. The fourth-order valence-electron chi connectivity index (χ4n) is 2.77. The van der Waals surface area contributed by atoms with Crippen LogP contribution in [0, 0.1) is 0 Å². The van der Waals surface area contributed by atoms with Crippen LogP contribution in [0.3, 0.4) is 0 Å². The van der Waals surface area contributed by atoms with Gasteiger partial charge in [-0.3, -0.25) is 9.67 Å². The fraction of sp³-hybridized carbons (Fsp3) is 0.368. The molecule has 8 nitrogen and oxygen atoms in total. The minimum Gasteiger partial charge on any atom is -0.370 e. The first-order chi connectivity index (χ1) is 13.1. The standard InChI is InChI=1S/C19H26N8.HI/c1-4-13(2)14-5-7-15(8-6-14)26-19(20)22-10-9-21-17-16-11-25-27(3)18(16)24-12-23-17;/h5-8,11-13H,4,9-10H2,1-3H3,(H3,20,22,26)(H,21,23,24);1H. The zero-order chi connectivity index (χ0) is 19.2. The van der Waals surface area contributed by atoms with Crippen molar-refractivity contribution in [1.82, 2.24) is 19.7 Å².